The summed E-state index contributed by atoms with van der Waals surface area (Å²) in [7, 11) is 1.52. The summed E-state index contributed by atoms with van der Waals surface area (Å²) >= 11 is 0. The molecule has 0 spiro atoms. The highest BCUT2D eigenvalue weighted by Crippen LogP contribution is 2.30. The quantitative estimate of drug-likeness (QED) is 0.376. The summed E-state index contributed by atoms with van der Waals surface area (Å²) in [5.74, 6) is -1.36. The number of rotatable bonds is 8. The summed E-state index contributed by atoms with van der Waals surface area (Å²) in [5, 5.41) is 25.6. The molecule has 0 saturated carbocycles. The smallest absolute Gasteiger partial charge is 0.408 e. The maximum absolute atomic E-state index is 11.8. The second-order valence-corrected chi connectivity index (χ2v) is 5.28. The fraction of sp³-hybridized carbons (Fsp3) is 0.467. The van der Waals surface area contributed by atoms with Gasteiger partial charge in [-0.15, -0.1) is 0 Å². The number of hydrogen-bond donors (Lipinski definition) is 3. The van der Waals surface area contributed by atoms with Gasteiger partial charge in [0.2, 0.25) is 0 Å². The number of amides is 1. The highest BCUT2D eigenvalue weighted by molar-refractivity contribution is 5.86. The Kier molecular flexibility index (Phi) is 6.51. The molecule has 0 saturated heterocycles. The van der Waals surface area contributed by atoms with Crippen LogP contribution >= 0.6 is 0 Å². The largest absolute Gasteiger partial charge is 0.479 e. The zero-order valence-corrected chi connectivity index (χ0v) is 13.8. The van der Waals surface area contributed by atoms with Crippen LogP contribution < -0.4 is 10.6 Å². The molecule has 1 aromatic carbocycles. The van der Waals surface area contributed by atoms with Crippen LogP contribution in [0.4, 0.5) is 16.2 Å². The highest BCUT2D eigenvalue weighted by Gasteiger charge is 2.39. The van der Waals surface area contributed by atoms with Gasteiger partial charge in [-0.05, 0) is 25.0 Å². The number of unbranched alkanes of at least 4 members (excludes halogenated alkanes) is 1. The van der Waals surface area contributed by atoms with Crippen LogP contribution in [0.15, 0.2) is 18.2 Å². The van der Waals surface area contributed by atoms with Gasteiger partial charge in [0, 0.05) is 13.1 Å². The van der Waals surface area contributed by atoms with Crippen LogP contribution in [0.25, 0.3) is 0 Å². The molecular weight excluding hydrogens is 318 g/mol. The van der Waals surface area contributed by atoms with Crippen LogP contribution in [-0.4, -0.2) is 35.7 Å². The Labute approximate surface area is 139 Å². The lowest BCUT2D eigenvalue weighted by atomic mass is 9.91. The predicted molar refractivity (Wildman–Crippen MR) is 87.0 cm³/mol. The van der Waals surface area contributed by atoms with Crippen LogP contribution in [0.2, 0.25) is 0 Å². The van der Waals surface area contributed by atoms with Crippen LogP contribution in [-0.2, 0) is 15.1 Å². The van der Waals surface area contributed by atoms with Gasteiger partial charge < -0.3 is 20.5 Å². The van der Waals surface area contributed by atoms with Crippen molar-refractivity contribution in [1.29, 1.82) is 0 Å². The van der Waals surface area contributed by atoms with Gasteiger partial charge in [-0.2, -0.15) is 0 Å². The molecule has 1 rings (SSSR count). The number of nitrogens with one attached hydrogen (secondary N) is 2. The van der Waals surface area contributed by atoms with Crippen molar-refractivity contribution in [3.63, 3.8) is 0 Å². The molecule has 132 valence electrons. The molecular formula is C15H21N3O6. The lowest BCUT2D eigenvalue weighted by Gasteiger charge is -2.26. The van der Waals surface area contributed by atoms with E-state index in [-0.39, 0.29) is 23.5 Å². The molecule has 9 heteroatoms. The van der Waals surface area contributed by atoms with Crippen LogP contribution in [0.3, 0.4) is 0 Å². The first-order valence-corrected chi connectivity index (χ1v) is 7.41. The maximum Gasteiger partial charge on any atom is 0.408 e. The Morgan fingerprint density at radius 1 is 1.42 bits per heavy atom. The van der Waals surface area contributed by atoms with Crippen LogP contribution in [0.5, 0.6) is 0 Å². The minimum atomic E-state index is -1.86. The molecule has 0 aliphatic heterocycles. The number of carbonyl (C=O) groups is 2. The second kappa shape index (κ2) is 8.14. The van der Waals surface area contributed by atoms with Crippen molar-refractivity contribution < 1.29 is 24.4 Å². The summed E-state index contributed by atoms with van der Waals surface area (Å²) < 4.78 is 4.91. The molecule has 0 radical (unpaired) electrons. The zero-order chi connectivity index (χ0) is 18.3. The first kappa shape index (κ1) is 19.2. The number of nitro benzene ring substituents is 1. The number of carbonyl (C=O) groups excluding carboxylic acids is 1. The van der Waals surface area contributed by atoms with E-state index in [1.165, 1.54) is 26.1 Å². The fourth-order valence-corrected chi connectivity index (χ4v) is 2.00. The molecule has 1 unspecified atom stereocenters. The molecule has 1 amide bonds. The fourth-order valence-electron chi connectivity index (χ4n) is 2.00. The third kappa shape index (κ3) is 4.34. The van der Waals surface area contributed by atoms with E-state index in [4.69, 9.17) is 4.74 Å². The van der Waals surface area contributed by atoms with Gasteiger partial charge in [0.15, 0.2) is 5.54 Å². The van der Waals surface area contributed by atoms with Crippen LogP contribution in [0.1, 0.15) is 32.3 Å². The maximum atomic E-state index is 11.8. The Balaban J connectivity index is 3.15. The van der Waals surface area contributed by atoms with E-state index in [9.17, 15) is 24.8 Å². The number of aliphatic carboxylic acids is 1. The molecule has 1 aromatic rings. The number of nitro groups is 1. The highest BCUT2D eigenvalue weighted by atomic mass is 16.6. The minimum absolute atomic E-state index is 0.0631. The Hall–Kier alpha value is -2.84. The summed E-state index contributed by atoms with van der Waals surface area (Å²) in [6, 6.07) is 3.91. The van der Waals surface area contributed by atoms with Gasteiger partial charge in [-0.1, -0.05) is 19.4 Å². The average molecular weight is 339 g/mol. The van der Waals surface area contributed by atoms with Crippen molar-refractivity contribution in [2.24, 2.45) is 0 Å². The molecule has 0 fully saturated rings. The van der Waals surface area contributed by atoms with Crippen molar-refractivity contribution in [3.8, 4) is 0 Å². The third-order valence-electron chi connectivity index (χ3n) is 3.55. The van der Waals surface area contributed by atoms with Crippen molar-refractivity contribution in [2.75, 3.05) is 19.0 Å². The third-order valence-corrected chi connectivity index (χ3v) is 3.55. The van der Waals surface area contributed by atoms with E-state index in [1.807, 2.05) is 6.92 Å². The summed E-state index contributed by atoms with van der Waals surface area (Å²) in [6.07, 6.45) is 0.578. The van der Waals surface area contributed by atoms with Crippen molar-refractivity contribution in [2.45, 2.75) is 32.2 Å². The Morgan fingerprint density at radius 2 is 2.08 bits per heavy atom. The number of carboxylic acids is 1. The second-order valence-electron chi connectivity index (χ2n) is 5.28. The van der Waals surface area contributed by atoms with E-state index in [0.717, 1.165) is 12.5 Å². The Morgan fingerprint density at radius 3 is 2.58 bits per heavy atom. The van der Waals surface area contributed by atoms with Gasteiger partial charge in [-0.3, -0.25) is 10.1 Å². The van der Waals surface area contributed by atoms with Crippen molar-refractivity contribution >= 4 is 23.4 Å². The lowest BCUT2D eigenvalue weighted by molar-refractivity contribution is -0.384. The summed E-state index contributed by atoms with van der Waals surface area (Å²) in [4.78, 5) is 34.0. The molecule has 3 N–H and O–H groups in total. The number of nitrogens with zero attached hydrogens (tertiary/aromatic N) is 1. The van der Waals surface area contributed by atoms with Gasteiger partial charge >= 0.3 is 12.1 Å². The van der Waals surface area contributed by atoms with E-state index >= 15 is 0 Å². The van der Waals surface area contributed by atoms with Gasteiger partial charge in [0.1, 0.15) is 5.69 Å². The summed E-state index contributed by atoms with van der Waals surface area (Å²) in [6.45, 7) is 3.33. The van der Waals surface area contributed by atoms with E-state index in [0.29, 0.717) is 6.42 Å². The normalized spacial score (nSPS) is 12.8. The number of anilines is 1. The van der Waals surface area contributed by atoms with E-state index < -0.39 is 22.5 Å². The standard InChI is InChI=1S/C15H21N3O6/c1-4-5-8-24-14(21)17-15(2,13(19)20)10-6-7-11(16-3)12(9-10)18(22)23/h6-7,9,16H,4-5,8H2,1-3H3,(H,17,21)(H,19,20). The summed E-state index contributed by atoms with van der Waals surface area (Å²) in [5.41, 5.74) is -1.85. The number of carboxylic acid groups (broad SMARTS) is 1. The first-order chi connectivity index (χ1) is 11.3. The topological polar surface area (TPSA) is 131 Å². The van der Waals surface area contributed by atoms with Gasteiger partial charge in [-0.25, -0.2) is 9.59 Å². The molecule has 0 heterocycles. The van der Waals surface area contributed by atoms with Gasteiger partial charge in [0.25, 0.3) is 5.69 Å². The monoisotopic (exact) mass is 339 g/mol. The van der Waals surface area contributed by atoms with Crippen molar-refractivity contribution in [3.05, 3.63) is 33.9 Å². The van der Waals surface area contributed by atoms with Crippen LogP contribution in [0, 0.1) is 10.1 Å². The molecule has 0 aromatic heterocycles. The lowest BCUT2D eigenvalue weighted by Crippen LogP contribution is -2.49. The van der Waals surface area contributed by atoms with Crippen molar-refractivity contribution in [1.82, 2.24) is 5.32 Å². The average Bonchev–Trinajstić information content (AvgIpc) is 2.54. The molecule has 0 bridgehead atoms. The molecule has 24 heavy (non-hydrogen) atoms. The number of alkyl carbamates (subject to hydrolysis) is 1. The SMILES string of the molecule is CCCCOC(=O)NC(C)(C(=O)O)c1ccc(NC)c([N+](=O)[O-])c1. The van der Waals surface area contributed by atoms with E-state index in [1.54, 1.807) is 0 Å². The number of hydrogen-bond acceptors (Lipinski definition) is 6. The Bertz CT molecular complexity index is 634. The predicted octanol–water partition coefficient (Wildman–Crippen LogP) is 2.46. The number of benzene rings is 1. The molecule has 9 nitrogen and oxygen atoms in total. The molecule has 0 aliphatic rings. The van der Waals surface area contributed by atoms with Gasteiger partial charge in [0.05, 0.1) is 11.5 Å². The minimum Gasteiger partial charge on any atom is -0.479 e. The number of ether oxygens (including phenoxy) is 1. The molecule has 1 atom stereocenters. The first-order valence-electron chi connectivity index (χ1n) is 7.41. The zero-order valence-electron chi connectivity index (χ0n) is 13.8. The van der Waals surface area contributed by atoms with E-state index in [2.05, 4.69) is 10.6 Å². The molecule has 0 aliphatic carbocycles.